The summed E-state index contributed by atoms with van der Waals surface area (Å²) in [4.78, 5) is 0. The molecule has 0 amide bonds. The van der Waals surface area contributed by atoms with Crippen molar-refractivity contribution in [2.75, 3.05) is 12.8 Å². The summed E-state index contributed by atoms with van der Waals surface area (Å²) < 4.78 is 6.87. The first-order valence-corrected chi connectivity index (χ1v) is 5.84. The van der Waals surface area contributed by atoms with Crippen molar-refractivity contribution in [2.24, 2.45) is 0 Å². The number of nitrogen functional groups attached to an aromatic ring is 1. The summed E-state index contributed by atoms with van der Waals surface area (Å²) >= 11 is 5.99. The highest BCUT2D eigenvalue weighted by Crippen LogP contribution is 2.25. The summed E-state index contributed by atoms with van der Waals surface area (Å²) in [6.45, 7) is 2.52. The third-order valence-electron chi connectivity index (χ3n) is 2.62. The Morgan fingerprint density at radius 2 is 2.28 bits per heavy atom. The maximum atomic E-state index is 5.99. The quantitative estimate of drug-likeness (QED) is 0.852. The molecule has 0 spiro atoms. The van der Waals surface area contributed by atoms with Gasteiger partial charge in [-0.05, 0) is 35.5 Å². The molecule has 96 valence electrons. The Labute approximate surface area is 110 Å². The number of anilines is 1. The van der Waals surface area contributed by atoms with Crippen molar-refractivity contribution in [2.45, 2.75) is 19.6 Å². The van der Waals surface area contributed by atoms with E-state index in [1.807, 2.05) is 13.0 Å². The number of ether oxygens (including phenoxy) is 1. The van der Waals surface area contributed by atoms with Crippen LogP contribution in [0.1, 0.15) is 6.92 Å². The maximum absolute atomic E-state index is 5.99. The van der Waals surface area contributed by atoms with Crippen molar-refractivity contribution < 1.29 is 4.74 Å². The molecular weight excluding hydrogens is 254 g/mol. The second-order valence-corrected chi connectivity index (χ2v) is 4.37. The summed E-state index contributed by atoms with van der Waals surface area (Å²) in [5.41, 5.74) is 7.03. The SMILES string of the molecule is COC(C)Cn1nnnc1-c1ccc(N)c(Cl)c1. The van der Waals surface area contributed by atoms with Gasteiger partial charge in [-0.15, -0.1) is 5.10 Å². The molecule has 1 heterocycles. The van der Waals surface area contributed by atoms with Crippen LogP contribution < -0.4 is 5.73 Å². The fraction of sp³-hybridized carbons (Fsp3) is 0.364. The van der Waals surface area contributed by atoms with E-state index in [1.54, 1.807) is 23.9 Å². The van der Waals surface area contributed by atoms with Gasteiger partial charge in [0.2, 0.25) is 0 Å². The number of methoxy groups -OCH3 is 1. The topological polar surface area (TPSA) is 78.8 Å². The Bertz CT molecular complexity index is 542. The van der Waals surface area contributed by atoms with E-state index >= 15 is 0 Å². The molecule has 0 saturated carbocycles. The zero-order valence-electron chi connectivity index (χ0n) is 10.2. The fourth-order valence-electron chi connectivity index (χ4n) is 1.52. The number of hydrogen-bond donors (Lipinski definition) is 1. The monoisotopic (exact) mass is 267 g/mol. The van der Waals surface area contributed by atoms with Gasteiger partial charge in [-0.3, -0.25) is 0 Å². The Morgan fingerprint density at radius 1 is 1.50 bits per heavy atom. The molecule has 0 fully saturated rings. The number of halogens is 1. The highest BCUT2D eigenvalue weighted by Gasteiger charge is 2.12. The lowest BCUT2D eigenvalue weighted by Gasteiger charge is -2.10. The van der Waals surface area contributed by atoms with Crippen molar-refractivity contribution >= 4 is 17.3 Å². The van der Waals surface area contributed by atoms with Gasteiger partial charge in [0, 0.05) is 12.7 Å². The van der Waals surface area contributed by atoms with Gasteiger partial charge in [0.05, 0.1) is 23.4 Å². The first-order chi connectivity index (χ1) is 8.61. The molecule has 0 aliphatic rings. The lowest BCUT2D eigenvalue weighted by atomic mass is 10.2. The number of hydrogen-bond acceptors (Lipinski definition) is 5. The Balaban J connectivity index is 2.33. The molecule has 6 nitrogen and oxygen atoms in total. The van der Waals surface area contributed by atoms with Crippen molar-refractivity contribution in [3.05, 3.63) is 23.2 Å². The molecule has 1 aromatic heterocycles. The summed E-state index contributed by atoms with van der Waals surface area (Å²) in [5.74, 6) is 0.640. The molecule has 0 radical (unpaired) electrons. The van der Waals surface area contributed by atoms with Crippen LogP contribution in [0.5, 0.6) is 0 Å². The van der Waals surface area contributed by atoms with Gasteiger partial charge in [-0.25, -0.2) is 4.68 Å². The number of tetrazole rings is 1. The van der Waals surface area contributed by atoms with Gasteiger partial charge < -0.3 is 10.5 Å². The minimum atomic E-state index is 0.0245. The van der Waals surface area contributed by atoms with Gasteiger partial charge in [-0.2, -0.15) is 0 Å². The lowest BCUT2D eigenvalue weighted by molar-refractivity contribution is 0.0997. The largest absolute Gasteiger partial charge is 0.398 e. The summed E-state index contributed by atoms with van der Waals surface area (Å²) in [6, 6.07) is 5.31. The molecule has 18 heavy (non-hydrogen) atoms. The number of rotatable bonds is 4. The Kier molecular flexibility index (Phi) is 3.78. The number of nitrogens with zero attached hydrogens (tertiary/aromatic N) is 4. The predicted octanol–water partition coefficient (Wildman–Crippen LogP) is 1.61. The second-order valence-electron chi connectivity index (χ2n) is 3.97. The van der Waals surface area contributed by atoms with Crippen LogP contribution in [0.2, 0.25) is 5.02 Å². The Hall–Kier alpha value is -1.66. The molecule has 2 rings (SSSR count). The zero-order chi connectivity index (χ0) is 13.1. The van der Waals surface area contributed by atoms with Gasteiger partial charge in [0.1, 0.15) is 0 Å². The standard InChI is InChI=1S/C11H14ClN5O/c1-7(18-2)6-17-11(14-15-16-17)8-3-4-10(13)9(12)5-8/h3-5,7H,6,13H2,1-2H3. The highest BCUT2D eigenvalue weighted by atomic mass is 35.5. The minimum absolute atomic E-state index is 0.0245. The number of nitrogens with two attached hydrogens (primary N) is 1. The van der Waals surface area contributed by atoms with Gasteiger partial charge in [0.15, 0.2) is 5.82 Å². The van der Waals surface area contributed by atoms with E-state index in [0.717, 1.165) is 5.56 Å². The zero-order valence-corrected chi connectivity index (χ0v) is 10.9. The van der Waals surface area contributed by atoms with Gasteiger partial charge >= 0.3 is 0 Å². The van der Waals surface area contributed by atoms with Crippen molar-refractivity contribution in [3.63, 3.8) is 0 Å². The molecule has 0 aliphatic heterocycles. The van der Waals surface area contributed by atoms with E-state index in [9.17, 15) is 0 Å². The fourth-order valence-corrected chi connectivity index (χ4v) is 1.70. The van der Waals surface area contributed by atoms with Crippen LogP contribution in [0.25, 0.3) is 11.4 Å². The minimum Gasteiger partial charge on any atom is -0.398 e. The van der Waals surface area contributed by atoms with Crippen LogP contribution in [-0.4, -0.2) is 33.4 Å². The number of benzene rings is 1. The first-order valence-electron chi connectivity index (χ1n) is 5.46. The van der Waals surface area contributed by atoms with E-state index < -0.39 is 0 Å². The van der Waals surface area contributed by atoms with Gasteiger partial charge in [-0.1, -0.05) is 11.6 Å². The molecule has 1 unspecified atom stereocenters. The third-order valence-corrected chi connectivity index (χ3v) is 2.95. The molecule has 0 saturated heterocycles. The normalized spacial score (nSPS) is 12.6. The molecule has 1 atom stereocenters. The second kappa shape index (κ2) is 5.32. The summed E-state index contributed by atoms with van der Waals surface area (Å²) in [7, 11) is 1.65. The summed E-state index contributed by atoms with van der Waals surface area (Å²) in [6.07, 6.45) is 0.0245. The average Bonchev–Trinajstić information content (AvgIpc) is 2.80. The maximum Gasteiger partial charge on any atom is 0.182 e. The lowest BCUT2D eigenvalue weighted by Crippen LogP contribution is -2.16. The average molecular weight is 268 g/mol. The van der Waals surface area contributed by atoms with Crippen molar-refractivity contribution in [1.82, 2.24) is 20.2 Å². The van der Waals surface area contributed by atoms with E-state index in [1.165, 1.54) is 0 Å². The van der Waals surface area contributed by atoms with E-state index in [2.05, 4.69) is 15.5 Å². The summed E-state index contributed by atoms with van der Waals surface area (Å²) in [5, 5.41) is 12.1. The van der Waals surface area contributed by atoms with Crippen molar-refractivity contribution in [3.8, 4) is 11.4 Å². The molecule has 0 aliphatic carbocycles. The van der Waals surface area contributed by atoms with E-state index in [-0.39, 0.29) is 6.10 Å². The smallest absolute Gasteiger partial charge is 0.182 e. The molecule has 2 N–H and O–H groups in total. The van der Waals surface area contributed by atoms with Crippen LogP contribution in [0.15, 0.2) is 18.2 Å². The molecule has 1 aromatic carbocycles. The Morgan fingerprint density at radius 3 is 2.94 bits per heavy atom. The molecular formula is C11H14ClN5O. The van der Waals surface area contributed by atoms with E-state index in [0.29, 0.717) is 23.1 Å². The third kappa shape index (κ3) is 2.60. The molecule has 2 aromatic rings. The predicted molar refractivity (Wildman–Crippen MR) is 69.1 cm³/mol. The van der Waals surface area contributed by atoms with Crippen LogP contribution >= 0.6 is 11.6 Å². The number of aromatic nitrogens is 4. The van der Waals surface area contributed by atoms with Gasteiger partial charge in [0.25, 0.3) is 0 Å². The molecule has 7 heteroatoms. The van der Waals surface area contributed by atoms with E-state index in [4.69, 9.17) is 22.1 Å². The van der Waals surface area contributed by atoms with Crippen LogP contribution in [0, 0.1) is 0 Å². The van der Waals surface area contributed by atoms with Crippen LogP contribution in [-0.2, 0) is 11.3 Å². The van der Waals surface area contributed by atoms with Crippen molar-refractivity contribution in [1.29, 1.82) is 0 Å². The van der Waals surface area contributed by atoms with Crippen LogP contribution in [0.3, 0.4) is 0 Å². The molecule has 0 bridgehead atoms. The first kappa shape index (κ1) is 12.8. The van der Waals surface area contributed by atoms with Crippen LogP contribution in [0.4, 0.5) is 5.69 Å². The highest BCUT2D eigenvalue weighted by molar-refractivity contribution is 6.33.